The maximum atomic E-state index is 11.6. The van der Waals surface area contributed by atoms with Gasteiger partial charge >= 0.3 is 5.97 Å². The fourth-order valence-electron chi connectivity index (χ4n) is 2.90. The number of aliphatic carboxylic acids is 1. The van der Waals surface area contributed by atoms with Gasteiger partial charge in [-0.3, -0.25) is 4.79 Å². The van der Waals surface area contributed by atoms with Gasteiger partial charge in [0.2, 0.25) is 0 Å². The second-order valence-electron chi connectivity index (χ2n) is 6.44. The van der Waals surface area contributed by atoms with Crippen molar-refractivity contribution in [2.45, 2.75) is 77.4 Å². The van der Waals surface area contributed by atoms with Crippen LogP contribution < -0.4 is 5.32 Å². The first-order valence-corrected chi connectivity index (χ1v) is 8.10. The van der Waals surface area contributed by atoms with Crippen molar-refractivity contribution < 1.29 is 14.6 Å². The molecule has 0 heterocycles. The van der Waals surface area contributed by atoms with Crippen LogP contribution in [0.1, 0.15) is 65.7 Å². The largest absolute Gasteiger partial charge is 0.480 e. The number of carboxylic acids is 1. The Hall–Kier alpha value is -0.610. The molecule has 1 rings (SSSR count). The molecule has 0 bridgehead atoms. The summed E-state index contributed by atoms with van der Waals surface area (Å²) in [5.74, 6) is -0.0179. The number of carboxylic acid groups (broad SMARTS) is 1. The standard InChI is InChI=1S/C16H31NO3/c1-4-10-17-16(15(18)19)9-5-8-14(12-16)20-11-6-7-13(2)3/h13-14,17H,4-12H2,1-3H3,(H,18,19). The molecule has 2 N–H and O–H groups in total. The topological polar surface area (TPSA) is 58.6 Å². The Kier molecular flexibility index (Phi) is 7.52. The van der Waals surface area contributed by atoms with E-state index >= 15 is 0 Å². The minimum atomic E-state index is -0.767. The van der Waals surface area contributed by atoms with Crippen molar-refractivity contribution in [3.05, 3.63) is 0 Å². The van der Waals surface area contributed by atoms with Crippen LogP contribution in [0.25, 0.3) is 0 Å². The molecule has 0 amide bonds. The van der Waals surface area contributed by atoms with Gasteiger partial charge in [-0.25, -0.2) is 0 Å². The Morgan fingerprint density at radius 2 is 2.25 bits per heavy atom. The zero-order valence-electron chi connectivity index (χ0n) is 13.3. The van der Waals surface area contributed by atoms with E-state index in [-0.39, 0.29) is 6.10 Å². The number of hydrogen-bond acceptors (Lipinski definition) is 3. The summed E-state index contributed by atoms with van der Waals surface area (Å²) in [5, 5.41) is 12.8. The molecule has 0 spiro atoms. The van der Waals surface area contributed by atoms with Crippen molar-refractivity contribution >= 4 is 5.97 Å². The van der Waals surface area contributed by atoms with E-state index in [1.807, 2.05) is 0 Å². The number of nitrogens with one attached hydrogen (secondary N) is 1. The summed E-state index contributed by atoms with van der Waals surface area (Å²) in [6.07, 6.45) is 6.52. The van der Waals surface area contributed by atoms with E-state index in [4.69, 9.17) is 4.74 Å². The van der Waals surface area contributed by atoms with Crippen LogP contribution >= 0.6 is 0 Å². The Morgan fingerprint density at radius 1 is 1.50 bits per heavy atom. The zero-order valence-corrected chi connectivity index (χ0v) is 13.3. The molecule has 2 unspecified atom stereocenters. The Balaban J connectivity index is 2.44. The first-order valence-electron chi connectivity index (χ1n) is 8.10. The summed E-state index contributed by atoms with van der Waals surface area (Å²) < 4.78 is 5.92. The van der Waals surface area contributed by atoms with E-state index in [1.54, 1.807) is 0 Å². The third-order valence-electron chi connectivity index (χ3n) is 4.11. The summed E-state index contributed by atoms with van der Waals surface area (Å²) in [7, 11) is 0. The maximum absolute atomic E-state index is 11.6. The van der Waals surface area contributed by atoms with Crippen LogP contribution in [0.4, 0.5) is 0 Å². The summed E-state index contributed by atoms with van der Waals surface area (Å²) >= 11 is 0. The van der Waals surface area contributed by atoms with Crippen LogP contribution in [0.15, 0.2) is 0 Å². The lowest BCUT2D eigenvalue weighted by Crippen LogP contribution is -2.56. The van der Waals surface area contributed by atoms with E-state index in [1.165, 1.54) is 6.42 Å². The first-order chi connectivity index (χ1) is 9.50. The Bertz CT molecular complexity index is 293. The average Bonchev–Trinajstić information content (AvgIpc) is 2.41. The second kappa shape index (κ2) is 8.63. The molecule has 1 fully saturated rings. The van der Waals surface area contributed by atoms with Crippen LogP contribution in [-0.2, 0) is 9.53 Å². The fourth-order valence-corrected chi connectivity index (χ4v) is 2.90. The summed E-state index contributed by atoms with van der Waals surface area (Å²) in [5.41, 5.74) is -0.767. The molecule has 0 aromatic heterocycles. The highest BCUT2D eigenvalue weighted by Gasteiger charge is 2.42. The molecular weight excluding hydrogens is 254 g/mol. The molecule has 0 saturated heterocycles. The molecule has 4 heteroatoms. The smallest absolute Gasteiger partial charge is 0.323 e. The zero-order chi connectivity index (χ0) is 15.0. The molecule has 1 aliphatic carbocycles. The molecule has 1 saturated carbocycles. The SMILES string of the molecule is CCCNC1(C(=O)O)CCCC(OCCCC(C)C)C1. The monoisotopic (exact) mass is 285 g/mol. The quantitative estimate of drug-likeness (QED) is 0.639. The highest BCUT2D eigenvalue weighted by molar-refractivity contribution is 5.79. The normalized spacial score (nSPS) is 26.9. The number of hydrogen-bond donors (Lipinski definition) is 2. The van der Waals surface area contributed by atoms with Crippen LogP contribution in [-0.4, -0.2) is 35.9 Å². The molecule has 0 aliphatic heterocycles. The lowest BCUT2D eigenvalue weighted by Gasteiger charge is -2.38. The molecule has 20 heavy (non-hydrogen) atoms. The lowest BCUT2D eigenvalue weighted by molar-refractivity contribution is -0.149. The van der Waals surface area contributed by atoms with Crippen molar-refractivity contribution in [2.24, 2.45) is 5.92 Å². The van der Waals surface area contributed by atoms with Gasteiger partial charge in [0.15, 0.2) is 0 Å². The van der Waals surface area contributed by atoms with Crippen LogP contribution in [0.3, 0.4) is 0 Å². The van der Waals surface area contributed by atoms with Gasteiger partial charge in [0.25, 0.3) is 0 Å². The minimum absolute atomic E-state index is 0.0939. The Labute approximate surface area is 123 Å². The van der Waals surface area contributed by atoms with E-state index in [2.05, 4.69) is 26.1 Å². The third kappa shape index (κ3) is 5.41. The van der Waals surface area contributed by atoms with Gasteiger partial charge in [0.1, 0.15) is 5.54 Å². The lowest BCUT2D eigenvalue weighted by atomic mass is 9.80. The molecule has 2 atom stereocenters. The number of ether oxygens (including phenoxy) is 1. The highest BCUT2D eigenvalue weighted by Crippen LogP contribution is 2.30. The number of carbonyl (C=O) groups is 1. The fraction of sp³-hybridized carbons (Fsp3) is 0.938. The Morgan fingerprint density at radius 3 is 2.85 bits per heavy atom. The predicted octanol–water partition coefficient (Wildman–Crippen LogP) is 3.20. The van der Waals surface area contributed by atoms with E-state index in [9.17, 15) is 9.90 Å². The van der Waals surface area contributed by atoms with Gasteiger partial charge in [0, 0.05) is 13.0 Å². The molecule has 0 aromatic carbocycles. The van der Waals surface area contributed by atoms with Gasteiger partial charge in [-0.15, -0.1) is 0 Å². The van der Waals surface area contributed by atoms with Crippen molar-refractivity contribution in [3.8, 4) is 0 Å². The average molecular weight is 285 g/mol. The van der Waals surface area contributed by atoms with Gasteiger partial charge in [-0.1, -0.05) is 20.8 Å². The van der Waals surface area contributed by atoms with Crippen molar-refractivity contribution in [1.29, 1.82) is 0 Å². The second-order valence-corrected chi connectivity index (χ2v) is 6.44. The summed E-state index contributed by atoms with van der Waals surface area (Å²) in [6.45, 7) is 8.00. The first kappa shape index (κ1) is 17.4. The van der Waals surface area contributed by atoms with Gasteiger partial charge in [-0.2, -0.15) is 0 Å². The molecular formula is C16H31NO3. The van der Waals surface area contributed by atoms with Gasteiger partial charge in [0.05, 0.1) is 6.10 Å². The van der Waals surface area contributed by atoms with E-state index < -0.39 is 11.5 Å². The molecule has 118 valence electrons. The maximum Gasteiger partial charge on any atom is 0.323 e. The molecule has 1 aliphatic rings. The van der Waals surface area contributed by atoms with Crippen molar-refractivity contribution in [3.63, 3.8) is 0 Å². The highest BCUT2D eigenvalue weighted by atomic mass is 16.5. The van der Waals surface area contributed by atoms with E-state index in [0.29, 0.717) is 18.8 Å². The van der Waals surface area contributed by atoms with Crippen molar-refractivity contribution in [1.82, 2.24) is 5.32 Å². The summed E-state index contributed by atoms with van der Waals surface area (Å²) in [4.78, 5) is 11.6. The molecule has 0 radical (unpaired) electrons. The van der Waals surface area contributed by atoms with Gasteiger partial charge < -0.3 is 15.2 Å². The van der Waals surface area contributed by atoms with Gasteiger partial charge in [-0.05, 0) is 51.0 Å². The summed E-state index contributed by atoms with van der Waals surface area (Å²) in [6, 6.07) is 0. The van der Waals surface area contributed by atoms with Crippen molar-refractivity contribution in [2.75, 3.05) is 13.2 Å². The van der Waals surface area contributed by atoms with Crippen LogP contribution in [0, 0.1) is 5.92 Å². The molecule has 0 aromatic rings. The predicted molar refractivity (Wildman–Crippen MR) is 80.9 cm³/mol. The van der Waals surface area contributed by atoms with Crippen LogP contribution in [0.5, 0.6) is 0 Å². The molecule has 4 nitrogen and oxygen atoms in total. The van der Waals surface area contributed by atoms with E-state index in [0.717, 1.165) is 38.8 Å². The van der Waals surface area contributed by atoms with Crippen LogP contribution in [0.2, 0.25) is 0 Å². The minimum Gasteiger partial charge on any atom is -0.480 e. The number of rotatable bonds is 9. The third-order valence-corrected chi connectivity index (χ3v) is 4.11.